The van der Waals surface area contributed by atoms with Crippen molar-refractivity contribution in [2.45, 2.75) is 19.4 Å². The van der Waals surface area contributed by atoms with Gasteiger partial charge >= 0.3 is 0 Å². The third-order valence-electron chi connectivity index (χ3n) is 0.867. The van der Waals surface area contributed by atoms with Gasteiger partial charge in [0.25, 0.3) is 0 Å². The summed E-state index contributed by atoms with van der Waals surface area (Å²) in [4.78, 5) is 0. The fraction of sp³-hybridized carbons (Fsp3) is 1.00. The number of halogens is 1. The van der Waals surface area contributed by atoms with Gasteiger partial charge in [0, 0.05) is 28.9 Å². The van der Waals surface area contributed by atoms with Crippen molar-refractivity contribution in [3.8, 4) is 0 Å². The normalized spacial score (nSPS) is 14.1. The van der Waals surface area contributed by atoms with E-state index in [1.54, 1.807) is 0 Å². The van der Waals surface area contributed by atoms with Gasteiger partial charge in [-0.2, -0.15) is 0 Å². The molecule has 0 heterocycles. The van der Waals surface area contributed by atoms with E-state index in [2.05, 4.69) is 3.53 Å². The van der Waals surface area contributed by atoms with E-state index in [1.165, 1.54) is 0 Å². The van der Waals surface area contributed by atoms with Crippen LogP contribution >= 0.6 is 22.9 Å². The smallest absolute Gasteiger partial charge is 0.0592 e. The molecule has 0 rings (SSSR count). The minimum absolute atomic E-state index is 0.236. The molecule has 44 valence electrons. The second-order valence-electron chi connectivity index (χ2n) is 1.40. The van der Waals surface area contributed by atoms with Gasteiger partial charge < -0.3 is 5.11 Å². The molecule has 0 fully saturated rings. The fourth-order valence-corrected chi connectivity index (χ4v) is 0.878. The van der Waals surface area contributed by atoms with Gasteiger partial charge in [-0.15, -0.1) is 0 Å². The van der Waals surface area contributed by atoms with Crippen molar-refractivity contribution in [3.63, 3.8) is 0 Å². The molecule has 1 atom stereocenters. The molecule has 0 spiro atoms. The summed E-state index contributed by atoms with van der Waals surface area (Å²) in [5, 5.41) is 8.46. The maximum atomic E-state index is 8.46. The van der Waals surface area contributed by atoms with E-state index in [4.69, 9.17) is 5.11 Å². The quantitative estimate of drug-likeness (QED) is 0.536. The molecule has 0 aliphatic carbocycles. The van der Waals surface area contributed by atoms with Crippen molar-refractivity contribution in [2.75, 3.05) is 6.61 Å². The Hall–Kier alpha value is 0.650. The Balaban J connectivity index is 2.99. The highest BCUT2D eigenvalue weighted by atomic mass is 127. The van der Waals surface area contributed by atoms with Crippen molar-refractivity contribution in [1.82, 2.24) is 3.53 Å². The van der Waals surface area contributed by atoms with Gasteiger partial charge in [-0.25, -0.2) is 0 Å². The van der Waals surface area contributed by atoms with Crippen LogP contribution in [0.4, 0.5) is 0 Å². The summed E-state index contributed by atoms with van der Waals surface area (Å²) >= 11 is 2.04. The monoisotopic (exact) mass is 215 g/mol. The third kappa shape index (κ3) is 3.25. The first-order valence-corrected chi connectivity index (χ1v) is 3.40. The van der Waals surface area contributed by atoms with Crippen LogP contribution in [0.1, 0.15) is 13.3 Å². The zero-order valence-corrected chi connectivity index (χ0v) is 6.47. The predicted molar refractivity (Wildman–Crippen MR) is 38.3 cm³/mol. The lowest BCUT2D eigenvalue weighted by Crippen LogP contribution is -2.22. The van der Waals surface area contributed by atoms with Gasteiger partial charge in [-0.1, -0.05) is 6.92 Å². The molecular formula is C4H10INO. The standard InChI is InChI=1S/C4H10INO/c1-2-4(3-7)6-5/h4,6-7H,2-3H2,1H3. The maximum Gasteiger partial charge on any atom is 0.0592 e. The molecule has 0 saturated carbocycles. The lowest BCUT2D eigenvalue weighted by atomic mass is 10.3. The van der Waals surface area contributed by atoms with Crippen LogP contribution in [-0.2, 0) is 0 Å². The minimum Gasteiger partial charge on any atom is -0.395 e. The zero-order valence-electron chi connectivity index (χ0n) is 4.32. The summed E-state index contributed by atoms with van der Waals surface area (Å²) < 4.78 is 2.92. The van der Waals surface area contributed by atoms with Crippen LogP contribution in [0, 0.1) is 0 Å². The summed E-state index contributed by atoms with van der Waals surface area (Å²) in [5.41, 5.74) is 0. The van der Waals surface area contributed by atoms with Gasteiger partial charge in [-0.3, -0.25) is 3.53 Å². The van der Waals surface area contributed by atoms with Crippen molar-refractivity contribution in [1.29, 1.82) is 0 Å². The minimum atomic E-state index is 0.236. The highest BCUT2D eigenvalue weighted by Crippen LogP contribution is 1.89. The number of hydrogen-bond donors (Lipinski definition) is 2. The molecule has 0 bridgehead atoms. The molecule has 0 aromatic rings. The first kappa shape index (κ1) is 7.65. The van der Waals surface area contributed by atoms with Crippen LogP contribution < -0.4 is 3.53 Å². The lowest BCUT2D eigenvalue weighted by molar-refractivity contribution is 0.258. The average Bonchev–Trinajstić information content (AvgIpc) is 1.72. The largest absolute Gasteiger partial charge is 0.395 e. The van der Waals surface area contributed by atoms with E-state index in [0.717, 1.165) is 6.42 Å². The maximum absolute atomic E-state index is 8.46. The molecule has 0 aromatic carbocycles. The molecule has 7 heavy (non-hydrogen) atoms. The Morgan fingerprint density at radius 2 is 2.43 bits per heavy atom. The van der Waals surface area contributed by atoms with Gasteiger partial charge in [0.2, 0.25) is 0 Å². The van der Waals surface area contributed by atoms with Crippen LogP contribution in [0.25, 0.3) is 0 Å². The highest BCUT2D eigenvalue weighted by Gasteiger charge is 1.97. The molecule has 0 saturated heterocycles. The predicted octanol–water partition coefficient (Wildman–Crippen LogP) is 0.697. The number of aliphatic hydroxyl groups excluding tert-OH is 1. The Morgan fingerprint density at radius 1 is 1.86 bits per heavy atom. The molecule has 0 radical (unpaired) electrons. The van der Waals surface area contributed by atoms with Crippen molar-refractivity contribution >= 4 is 22.9 Å². The number of aliphatic hydroxyl groups is 1. The molecule has 0 aromatic heterocycles. The van der Waals surface area contributed by atoms with E-state index >= 15 is 0 Å². The molecule has 0 aliphatic rings. The second kappa shape index (κ2) is 4.80. The van der Waals surface area contributed by atoms with Crippen LogP contribution in [0.5, 0.6) is 0 Å². The summed E-state index contributed by atoms with van der Waals surface area (Å²) in [5.74, 6) is 0. The summed E-state index contributed by atoms with van der Waals surface area (Å²) in [6.45, 7) is 2.27. The van der Waals surface area contributed by atoms with E-state index in [-0.39, 0.29) is 12.6 Å². The first-order valence-electron chi connectivity index (χ1n) is 2.32. The SMILES string of the molecule is CCC(CO)NI. The Kier molecular flexibility index (Phi) is 5.25. The summed E-state index contributed by atoms with van der Waals surface area (Å²) in [7, 11) is 0. The lowest BCUT2D eigenvalue weighted by Gasteiger charge is -2.05. The molecule has 3 heteroatoms. The topological polar surface area (TPSA) is 32.3 Å². The van der Waals surface area contributed by atoms with E-state index < -0.39 is 0 Å². The molecule has 2 N–H and O–H groups in total. The number of hydrogen-bond acceptors (Lipinski definition) is 2. The average molecular weight is 215 g/mol. The van der Waals surface area contributed by atoms with E-state index in [1.807, 2.05) is 29.8 Å². The molecule has 0 aliphatic heterocycles. The molecular weight excluding hydrogens is 205 g/mol. The van der Waals surface area contributed by atoms with Gasteiger partial charge in [0.15, 0.2) is 0 Å². The molecule has 0 amide bonds. The first-order chi connectivity index (χ1) is 3.35. The van der Waals surface area contributed by atoms with E-state index in [0.29, 0.717) is 0 Å². The summed E-state index contributed by atoms with van der Waals surface area (Å²) in [6.07, 6.45) is 0.986. The Bertz CT molecular complexity index is 33.2. The van der Waals surface area contributed by atoms with Crippen molar-refractivity contribution in [3.05, 3.63) is 0 Å². The van der Waals surface area contributed by atoms with Crippen LogP contribution in [0.15, 0.2) is 0 Å². The van der Waals surface area contributed by atoms with E-state index in [9.17, 15) is 0 Å². The van der Waals surface area contributed by atoms with Crippen molar-refractivity contribution in [2.24, 2.45) is 0 Å². The third-order valence-corrected chi connectivity index (χ3v) is 1.75. The molecule has 1 unspecified atom stereocenters. The van der Waals surface area contributed by atoms with Gasteiger partial charge in [-0.05, 0) is 6.42 Å². The molecule has 2 nitrogen and oxygen atoms in total. The Labute approximate surface area is 57.8 Å². The highest BCUT2D eigenvalue weighted by molar-refractivity contribution is 14.1. The van der Waals surface area contributed by atoms with Crippen molar-refractivity contribution < 1.29 is 5.11 Å². The van der Waals surface area contributed by atoms with Gasteiger partial charge in [0.05, 0.1) is 6.61 Å². The second-order valence-corrected chi connectivity index (χ2v) is 2.02. The Morgan fingerprint density at radius 3 is 2.43 bits per heavy atom. The number of nitrogens with one attached hydrogen (secondary N) is 1. The summed E-state index contributed by atoms with van der Waals surface area (Å²) in [6, 6.07) is 0.278. The zero-order chi connectivity index (χ0) is 5.70. The fourth-order valence-electron chi connectivity index (χ4n) is 0.241. The van der Waals surface area contributed by atoms with Crippen LogP contribution in [-0.4, -0.2) is 17.8 Å². The van der Waals surface area contributed by atoms with Gasteiger partial charge in [0.1, 0.15) is 0 Å². The van der Waals surface area contributed by atoms with Crippen LogP contribution in [0.3, 0.4) is 0 Å². The number of rotatable bonds is 3. The van der Waals surface area contributed by atoms with Crippen LogP contribution in [0.2, 0.25) is 0 Å².